The zero-order chi connectivity index (χ0) is 17.3. The van der Waals surface area contributed by atoms with Crippen molar-refractivity contribution in [3.05, 3.63) is 53.3 Å². The minimum Gasteiger partial charge on any atom is -0.486 e. The molecule has 24 heavy (non-hydrogen) atoms. The zero-order valence-electron chi connectivity index (χ0n) is 12.7. The Bertz CT molecular complexity index is 911. The maximum Gasteiger partial charge on any atom is 0.265 e. The van der Waals surface area contributed by atoms with Gasteiger partial charge in [-0.3, -0.25) is 4.79 Å². The second-order valence-corrected chi connectivity index (χ2v) is 6.88. The highest BCUT2D eigenvalue weighted by atomic mass is 32.2. The number of ether oxygens (including phenoxy) is 2. The SMILES string of the molecule is Cc1ccc(F)cc1C(=O)NS(=O)(=O)c1ccc2c(c1)OCCO2. The Hall–Kier alpha value is -2.61. The monoisotopic (exact) mass is 351 g/mol. The minimum atomic E-state index is -4.13. The van der Waals surface area contributed by atoms with Crippen LogP contribution in [0.5, 0.6) is 11.5 Å². The number of carbonyl (C=O) groups excluding carboxylic acids is 1. The minimum absolute atomic E-state index is 0.0453. The van der Waals surface area contributed by atoms with Gasteiger partial charge in [0.25, 0.3) is 15.9 Å². The number of nitrogens with one attached hydrogen (secondary N) is 1. The van der Waals surface area contributed by atoms with Crippen molar-refractivity contribution >= 4 is 15.9 Å². The molecule has 1 aliphatic heterocycles. The Morgan fingerprint density at radius 3 is 2.54 bits per heavy atom. The van der Waals surface area contributed by atoms with Crippen molar-refractivity contribution in [3.8, 4) is 11.5 Å². The van der Waals surface area contributed by atoms with Crippen LogP contribution in [-0.2, 0) is 10.0 Å². The van der Waals surface area contributed by atoms with Crippen molar-refractivity contribution in [2.75, 3.05) is 13.2 Å². The molecule has 0 spiro atoms. The van der Waals surface area contributed by atoms with Gasteiger partial charge < -0.3 is 9.47 Å². The Labute approximate surface area is 138 Å². The Morgan fingerprint density at radius 2 is 1.79 bits per heavy atom. The van der Waals surface area contributed by atoms with Crippen molar-refractivity contribution in [2.24, 2.45) is 0 Å². The van der Waals surface area contributed by atoms with Crippen LogP contribution >= 0.6 is 0 Å². The van der Waals surface area contributed by atoms with E-state index in [4.69, 9.17) is 9.47 Å². The quantitative estimate of drug-likeness (QED) is 0.915. The third-order valence-corrected chi connectivity index (χ3v) is 4.82. The summed E-state index contributed by atoms with van der Waals surface area (Å²) in [5, 5.41) is 0. The first-order chi connectivity index (χ1) is 11.4. The van der Waals surface area contributed by atoms with E-state index < -0.39 is 21.7 Å². The lowest BCUT2D eigenvalue weighted by atomic mass is 10.1. The third-order valence-electron chi connectivity index (χ3n) is 3.50. The number of carbonyl (C=O) groups is 1. The van der Waals surface area contributed by atoms with Crippen LogP contribution in [0.15, 0.2) is 41.3 Å². The first-order valence-electron chi connectivity index (χ1n) is 7.10. The van der Waals surface area contributed by atoms with Gasteiger partial charge in [-0.15, -0.1) is 0 Å². The average Bonchev–Trinajstić information content (AvgIpc) is 2.56. The second-order valence-electron chi connectivity index (χ2n) is 5.20. The highest BCUT2D eigenvalue weighted by molar-refractivity contribution is 7.90. The van der Waals surface area contributed by atoms with Crippen LogP contribution in [0.1, 0.15) is 15.9 Å². The number of sulfonamides is 1. The molecular formula is C16H14FNO5S. The highest BCUT2D eigenvalue weighted by Crippen LogP contribution is 2.32. The number of rotatable bonds is 3. The summed E-state index contributed by atoms with van der Waals surface area (Å²) >= 11 is 0. The zero-order valence-corrected chi connectivity index (χ0v) is 13.5. The van der Waals surface area contributed by atoms with E-state index in [1.54, 1.807) is 6.92 Å². The molecule has 6 nitrogen and oxygen atoms in total. The average molecular weight is 351 g/mol. The van der Waals surface area contributed by atoms with Crippen LogP contribution in [0, 0.1) is 12.7 Å². The van der Waals surface area contributed by atoms with Crippen LogP contribution in [0.2, 0.25) is 0 Å². The number of amides is 1. The molecule has 0 radical (unpaired) electrons. The Kier molecular flexibility index (Phi) is 4.15. The fourth-order valence-corrected chi connectivity index (χ4v) is 3.25. The molecule has 1 heterocycles. The Morgan fingerprint density at radius 1 is 1.08 bits per heavy atom. The molecule has 1 amide bonds. The predicted molar refractivity (Wildman–Crippen MR) is 83.2 cm³/mol. The lowest BCUT2D eigenvalue weighted by Crippen LogP contribution is -2.31. The third kappa shape index (κ3) is 3.18. The van der Waals surface area contributed by atoms with E-state index in [1.807, 2.05) is 4.72 Å². The molecule has 0 atom stereocenters. The molecule has 1 N–H and O–H groups in total. The van der Waals surface area contributed by atoms with E-state index in [2.05, 4.69) is 0 Å². The molecule has 0 aliphatic carbocycles. The van der Waals surface area contributed by atoms with Gasteiger partial charge in [-0.2, -0.15) is 0 Å². The van der Waals surface area contributed by atoms with Gasteiger partial charge in [0, 0.05) is 11.6 Å². The van der Waals surface area contributed by atoms with E-state index in [0.29, 0.717) is 30.3 Å². The van der Waals surface area contributed by atoms with E-state index in [1.165, 1.54) is 30.3 Å². The van der Waals surface area contributed by atoms with Crippen LogP contribution in [-0.4, -0.2) is 27.5 Å². The van der Waals surface area contributed by atoms with Gasteiger partial charge in [0.1, 0.15) is 19.0 Å². The molecule has 0 aromatic heterocycles. The summed E-state index contributed by atoms with van der Waals surface area (Å²) in [7, 11) is -4.13. The molecule has 0 bridgehead atoms. The fourth-order valence-electron chi connectivity index (χ4n) is 2.27. The van der Waals surface area contributed by atoms with Crippen LogP contribution in [0.3, 0.4) is 0 Å². The van der Waals surface area contributed by atoms with Crippen molar-refractivity contribution < 1.29 is 27.1 Å². The highest BCUT2D eigenvalue weighted by Gasteiger charge is 2.23. The van der Waals surface area contributed by atoms with Crippen molar-refractivity contribution in [2.45, 2.75) is 11.8 Å². The van der Waals surface area contributed by atoms with Crippen LogP contribution < -0.4 is 14.2 Å². The van der Waals surface area contributed by atoms with Crippen molar-refractivity contribution in [1.29, 1.82) is 0 Å². The maximum absolute atomic E-state index is 13.3. The number of fused-ring (bicyclic) bond motifs is 1. The molecular weight excluding hydrogens is 337 g/mol. The summed E-state index contributed by atoms with van der Waals surface area (Å²) < 4.78 is 50.6. The smallest absolute Gasteiger partial charge is 0.265 e. The first-order valence-corrected chi connectivity index (χ1v) is 8.58. The number of hydrogen-bond donors (Lipinski definition) is 1. The molecule has 126 valence electrons. The van der Waals surface area contributed by atoms with Crippen LogP contribution in [0.25, 0.3) is 0 Å². The molecule has 2 aromatic rings. The van der Waals surface area contributed by atoms with E-state index >= 15 is 0 Å². The first kappa shape index (κ1) is 16.3. The van der Waals surface area contributed by atoms with Gasteiger partial charge in [0.2, 0.25) is 0 Å². The molecule has 0 fully saturated rings. The molecule has 0 unspecified atom stereocenters. The summed E-state index contributed by atoms with van der Waals surface area (Å²) in [6.45, 7) is 2.28. The summed E-state index contributed by atoms with van der Waals surface area (Å²) in [5.41, 5.74) is 0.419. The lowest BCUT2D eigenvalue weighted by molar-refractivity contribution is 0.0980. The summed E-state index contributed by atoms with van der Waals surface area (Å²) in [4.78, 5) is 12.0. The molecule has 0 saturated carbocycles. The molecule has 2 aromatic carbocycles. The summed E-state index contributed by atoms with van der Waals surface area (Å²) in [6, 6.07) is 7.64. The van der Waals surface area contributed by atoms with Gasteiger partial charge >= 0.3 is 0 Å². The Balaban J connectivity index is 1.88. The molecule has 8 heteroatoms. The summed E-state index contributed by atoms with van der Waals surface area (Å²) in [5.74, 6) is -0.796. The van der Waals surface area contributed by atoms with Gasteiger partial charge in [-0.1, -0.05) is 6.07 Å². The standard InChI is InChI=1S/C16H14FNO5S/c1-10-2-3-11(17)8-13(10)16(19)18-24(20,21)12-4-5-14-15(9-12)23-7-6-22-14/h2-5,8-9H,6-7H2,1H3,(H,18,19). The van der Waals surface area contributed by atoms with E-state index in [9.17, 15) is 17.6 Å². The van der Waals surface area contributed by atoms with Gasteiger partial charge in [0.15, 0.2) is 11.5 Å². The van der Waals surface area contributed by atoms with Gasteiger partial charge in [-0.25, -0.2) is 17.5 Å². The van der Waals surface area contributed by atoms with Gasteiger partial charge in [0.05, 0.1) is 4.90 Å². The fraction of sp³-hybridized carbons (Fsp3) is 0.188. The molecule has 1 aliphatic rings. The summed E-state index contributed by atoms with van der Waals surface area (Å²) in [6.07, 6.45) is 0. The maximum atomic E-state index is 13.3. The largest absolute Gasteiger partial charge is 0.486 e. The van der Waals surface area contributed by atoms with E-state index in [0.717, 1.165) is 6.07 Å². The normalized spacial score (nSPS) is 13.4. The number of halogens is 1. The van der Waals surface area contributed by atoms with E-state index in [-0.39, 0.29) is 10.5 Å². The topological polar surface area (TPSA) is 81.7 Å². The van der Waals surface area contributed by atoms with Crippen molar-refractivity contribution in [1.82, 2.24) is 4.72 Å². The molecule has 3 rings (SSSR count). The molecule has 0 saturated heterocycles. The number of hydrogen-bond acceptors (Lipinski definition) is 5. The number of aryl methyl sites for hydroxylation is 1. The second kappa shape index (κ2) is 6.12. The number of benzene rings is 2. The predicted octanol–water partition coefficient (Wildman–Crippen LogP) is 2.02. The lowest BCUT2D eigenvalue weighted by Gasteiger charge is -2.19. The van der Waals surface area contributed by atoms with Gasteiger partial charge in [-0.05, 0) is 36.8 Å². The van der Waals surface area contributed by atoms with Crippen LogP contribution in [0.4, 0.5) is 4.39 Å². The van der Waals surface area contributed by atoms with Crippen molar-refractivity contribution in [3.63, 3.8) is 0 Å².